The molecule has 0 saturated carbocycles. The highest BCUT2D eigenvalue weighted by atomic mass is 32.2. The molecule has 2 unspecified atom stereocenters. The van der Waals surface area contributed by atoms with Gasteiger partial charge in [-0.25, -0.2) is 0 Å². The van der Waals surface area contributed by atoms with Gasteiger partial charge in [0.15, 0.2) is 5.17 Å². The van der Waals surface area contributed by atoms with Crippen molar-refractivity contribution >= 4 is 16.9 Å². The SMILES string of the molecule is Cc1ccc(C(C)NC2=NCC(C)S2)cc1. The average Bonchev–Trinajstić information content (AvgIpc) is 2.65. The van der Waals surface area contributed by atoms with Crippen LogP contribution in [0.2, 0.25) is 0 Å². The van der Waals surface area contributed by atoms with Crippen LogP contribution in [0.3, 0.4) is 0 Å². The van der Waals surface area contributed by atoms with Crippen LogP contribution in [0.5, 0.6) is 0 Å². The van der Waals surface area contributed by atoms with E-state index in [-0.39, 0.29) is 0 Å². The Morgan fingerprint density at radius 3 is 2.62 bits per heavy atom. The number of rotatable bonds is 2. The molecule has 0 bridgehead atoms. The molecular formula is C13H18N2S. The van der Waals surface area contributed by atoms with Crippen molar-refractivity contribution < 1.29 is 0 Å². The van der Waals surface area contributed by atoms with E-state index in [0.717, 1.165) is 11.7 Å². The van der Waals surface area contributed by atoms with Crippen molar-refractivity contribution in [1.29, 1.82) is 0 Å². The van der Waals surface area contributed by atoms with Crippen molar-refractivity contribution in [2.24, 2.45) is 4.99 Å². The second kappa shape index (κ2) is 4.91. The summed E-state index contributed by atoms with van der Waals surface area (Å²) >= 11 is 1.83. The normalized spacial score (nSPS) is 21.7. The van der Waals surface area contributed by atoms with E-state index < -0.39 is 0 Å². The molecule has 86 valence electrons. The highest BCUT2D eigenvalue weighted by Gasteiger charge is 2.16. The summed E-state index contributed by atoms with van der Waals surface area (Å²) in [5, 5.41) is 5.16. The molecule has 0 aliphatic carbocycles. The molecule has 1 aromatic carbocycles. The molecule has 1 aliphatic rings. The quantitative estimate of drug-likeness (QED) is 0.850. The van der Waals surface area contributed by atoms with E-state index in [1.165, 1.54) is 11.1 Å². The van der Waals surface area contributed by atoms with E-state index in [9.17, 15) is 0 Å². The van der Waals surface area contributed by atoms with E-state index in [1.807, 2.05) is 11.8 Å². The zero-order valence-corrected chi connectivity index (χ0v) is 10.8. The first kappa shape index (κ1) is 11.5. The van der Waals surface area contributed by atoms with Crippen LogP contribution in [0.1, 0.15) is 31.0 Å². The van der Waals surface area contributed by atoms with E-state index in [1.54, 1.807) is 0 Å². The van der Waals surface area contributed by atoms with Gasteiger partial charge in [0.05, 0.1) is 12.6 Å². The largest absolute Gasteiger partial charge is 0.358 e. The average molecular weight is 234 g/mol. The summed E-state index contributed by atoms with van der Waals surface area (Å²) in [6.07, 6.45) is 0. The first-order chi connectivity index (χ1) is 7.65. The van der Waals surface area contributed by atoms with Gasteiger partial charge in [-0.05, 0) is 19.4 Å². The van der Waals surface area contributed by atoms with Crippen LogP contribution in [0, 0.1) is 6.92 Å². The van der Waals surface area contributed by atoms with Crippen LogP contribution < -0.4 is 5.32 Å². The Morgan fingerprint density at radius 2 is 2.06 bits per heavy atom. The molecule has 1 N–H and O–H groups in total. The van der Waals surface area contributed by atoms with Gasteiger partial charge < -0.3 is 5.32 Å². The Labute approximate surface area is 102 Å². The molecule has 1 heterocycles. The number of nitrogens with zero attached hydrogens (tertiary/aromatic N) is 1. The summed E-state index contributed by atoms with van der Waals surface area (Å²) in [6, 6.07) is 8.99. The molecule has 0 aromatic heterocycles. The third-order valence-corrected chi connectivity index (χ3v) is 3.74. The summed E-state index contributed by atoms with van der Waals surface area (Å²) in [5.41, 5.74) is 2.62. The number of thioether (sulfide) groups is 1. The molecule has 2 rings (SSSR count). The second-order valence-corrected chi connectivity index (χ2v) is 5.78. The van der Waals surface area contributed by atoms with Crippen LogP contribution in [-0.4, -0.2) is 17.0 Å². The number of hydrogen-bond donors (Lipinski definition) is 1. The zero-order valence-electron chi connectivity index (χ0n) is 10.0. The lowest BCUT2D eigenvalue weighted by atomic mass is 10.1. The zero-order chi connectivity index (χ0) is 11.5. The lowest BCUT2D eigenvalue weighted by Crippen LogP contribution is -2.23. The molecule has 0 radical (unpaired) electrons. The third-order valence-electron chi connectivity index (χ3n) is 2.72. The van der Waals surface area contributed by atoms with Crippen LogP contribution in [0.25, 0.3) is 0 Å². The molecule has 2 nitrogen and oxygen atoms in total. The summed E-state index contributed by atoms with van der Waals surface area (Å²) in [4.78, 5) is 4.47. The maximum absolute atomic E-state index is 4.47. The Kier molecular flexibility index (Phi) is 3.54. The highest BCUT2D eigenvalue weighted by Crippen LogP contribution is 2.21. The molecule has 0 fully saturated rings. The van der Waals surface area contributed by atoms with Crippen molar-refractivity contribution in [2.45, 2.75) is 32.1 Å². The van der Waals surface area contributed by atoms with Gasteiger partial charge in [-0.2, -0.15) is 0 Å². The molecule has 0 saturated heterocycles. The van der Waals surface area contributed by atoms with Crippen molar-refractivity contribution in [1.82, 2.24) is 5.32 Å². The predicted molar refractivity (Wildman–Crippen MR) is 72.1 cm³/mol. The van der Waals surface area contributed by atoms with Crippen molar-refractivity contribution in [3.8, 4) is 0 Å². The summed E-state index contributed by atoms with van der Waals surface area (Å²) < 4.78 is 0. The van der Waals surface area contributed by atoms with E-state index in [2.05, 4.69) is 55.3 Å². The standard InChI is InChI=1S/C13H18N2S/c1-9-4-6-12(7-5-9)11(3)15-13-14-8-10(2)16-13/h4-7,10-11H,8H2,1-3H3,(H,14,15). The molecule has 3 heteroatoms. The van der Waals surface area contributed by atoms with Gasteiger partial charge >= 0.3 is 0 Å². The Hall–Kier alpha value is -0.960. The maximum atomic E-state index is 4.47. The lowest BCUT2D eigenvalue weighted by molar-refractivity contribution is 0.722. The van der Waals surface area contributed by atoms with Crippen molar-refractivity contribution in [2.75, 3.05) is 6.54 Å². The molecule has 2 atom stereocenters. The maximum Gasteiger partial charge on any atom is 0.157 e. The summed E-state index contributed by atoms with van der Waals surface area (Å²) in [6.45, 7) is 7.43. The monoisotopic (exact) mass is 234 g/mol. The van der Waals surface area contributed by atoms with E-state index in [0.29, 0.717) is 11.3 Å². The minimum Gasteiger partial charge on any atom is -0.358 e. The number of aryl methyl sites for hydroxylation is 1. The molecule has 1 aromatic rings. The number of hydrogen-bond acceptors (Lipinski definition) is 3. The van der Waals surface area contributed by atoms with Gasteiger partial charge in [0.1, 0.15) is 0 Å². The first-order valence-corrected chi connectivity index (χ1v) is 6.57. The topological polar surface area (TPSA) is 24.4 Å². The fourth-order valence-corrected chi connectivity index (χ4v) is 2.60. The first-order valence-electron chi connectivity index (χ1n) is 5.69. The van der Waals surface area contributed by atoms with Gasteiger partial charge in [0, 0.05) is 5.25 Å². The number of nitrogens with one attached hydrogen (secondary N) is 1. The lowest BCUT2D eigenvalue weighted by Gasteiger charge is -2.15. The van der Waals surface area contributed by atoms with Crippen molar-refractivity contribution in [3.05, 3.63) is 35.4 Å². The summed E-state index contributed by atoms with van der Waals surface area (Å²) in [5.74, 6) is 0. The molecule has 0 amide bonds. The number of amidine groups is 1. The highest BCUT2D eigenvalue weighted by molar-refractivity contribution is 8.14. The predicted octanol–water partition coefficient (Wildman–Crippen LogP) is 3.14. The minimum absolute atomic E-state index is 0.331. The fourth-order valence-electron chi connectivity index (χ4n) is 1.68. The van der Waals surface area contributed by atoms with Gasteiger partial charge in [0.25, 0.3) is 0 Å². The van der Waals surface area contributed by atoms with Gasteiger partial charge in [-0.3, -0.25) is 4.99 Å². The van der Waals surface area contributed by atoms with E-state index >= 15 is 0 Å². The Morgan fingerprint density at radius 1 is 1.38 bits per heavy atom. The molecule has 1 aliphatic heterocycles. The molecular weight excluding hydrogens is 216 g/mol. The Balaban J connectivity index is 1.98. The minimum atomic E-state index is 0.331. The van der Waals surface area contributed by atoms with Gasteiger partial charge in [0.2, 0.25) is 0 Å². The van der Waals surface area contributed by atoms with Gasteiger partial charge in [-0.1, -0.05) is 48.5 Å². The number of benzene rings is 1. The Bertz CT molecular complexity index is 383. The smallest absolute Gasteiger partial charge is 0.157 e. The van der Waals surface area contributed by atoms with Crippen LogP contribution in [-0.2, 0) is 0 Å². The fraction of sp³-hybridized carbons (Fsp3) is 0.462. The van der Waals surface area contributed by atoms with Gasteiger partial charge in [-0.15, -0.1) is 0 Å². The third kappa shape index (κ3) is 2.79. The molecule has 0 spiro atoms. The van der Waals surface area contributed by atoms with E-state index in [4.69, 9.17) is 0 Å². The van der Waals surface area contributed by atoms with Crippen LogP contribution >= 0.6 is 11.8 Å². The van der Waals surface area contributed by atoms with Crippen molar-refractivity contribution in [3.63, 3.8) is 0 Å². The van der Waals surface area contributed by atoms with Crippen LogP contribution in [0.15, 0.2) is 29.3 Å². The van der Waals surface area contributed by atoms with Crippen LogP contribution in [0.4, 0.5) is 0 Å². The number of aliphatic imine (C=N–C) groups is 1. The summed E-state index contributed by atoms with van der Waals surface area (Å²) in [7, 11) is 0. The molecule has 16 heavy (non-hydrogen) atoms. The second-order valence-electron chi connectivity index (χ2n) is 4.35.